The maximum atomic E-state index is 12.6. The zero-order chi connectivity index (χ0) is 23.3. The summed E-state index contributed by atoms with van der Waals surface area (Å²) in [4.78, 5) is 17.3. The van der Waals surface area contributed by atoms with Gasteiger partial charge in [0.15, 0.2) is 0 Å². The first kappa shape index (κ1) is 22.2. The van der Waals surface area contributed by atoms with Crippen molar-refractivity contribution in [3.8, 4) is 5.75 Å². The molecule has 0 aliphatic heterocycles. The molecule has 0 saturated heterocycles. The lowest BCUT2D eigenvalue weighted by Crippen LogP contribution is -2.25. The van der Waals surface area contributed by atoms with Gasteiger partial charge in [-0.1, -0.05) is 58.4 Å². The van der Waals surface area contributed by atoms with Crippen molar-refractivity contribution in [3.63, 3.8) is 0 Å². The van der Waals surface area contributed by atoms with Crippen LogP contribution in [0.4, 0.5) is 0 Å². The molecule has 0 aliphatic carbocycles. The number of amides is 1. The second-order valence-corrected chi connectivity index (χ2v) is 8.98. The molecule has 5 nitrogen and oxygen atoms in total. The van der Waals surface area contributed by atoms with E-state index in [0.29, 0.717) is 18.7 Å². The van der Waals surface area contributed by atoms with Gasteiger partial charge in [0.2, 0.25) is 0 Å². The zero-order valence-electron chi connectivity index (χ0n) is 18.6. The first-order valence-electron chi connectivity index (χ1n) is 11.3. The third-order valence-electron chi connectivity index (χ3n) is 5.76. The summed E-state index contributed by atoms with van der Waals surface area (Å²) in [6.07, 6.45) is 0.820. The molecule has 0 atom stereocenters. The van der Waals surface area contributed by atoms with E-state index < -0.39 is 0 Å². The molecule has 4 aromatic carbocycles. The molecule has 0 bridgehead atoms. The number of carbonyl (C=O) groups is 1. The molecule has 0 fully saturated rings. The topological polar surface area (TPSA) is 56.2 Å². The first-order chi connectivity index (χ1) is 16.7. The Balaban J connectivity index is 1.25. The van der Waals surface area contributed by atoms with Gasteiger partial charge in [0.05, 0.1) is 24.2 Å². The van der Waals surface area contributed by atoms with Crippen LogP contribution in [0.2, 0.25) is 0 Å². The van der Waals surface area contributed by atoms with Crippen LogP contribution in [0.3, 0.4) is 0 Å². The van der Waals surface area contributed by atoms with Gasteiger partial charge in [-0.2, -0.15) is 0 Å². The van der Waals surface area contributed by atoms with E-state index in [0.717, 1.165) is 40.0 Å². The maximum Gasteiger partial charge on any atom is 0.251 e. The summed E-state index contributed by atoms with van der Waals surface area (Å²) in [6.45, 7) is 1.70. The Morgan fingerprint density at radius 1 is 0.912 bits per heavy atom. The Bertz CT molecular complexity index is 1440. The molecule has 5 aromatic rings. The van der Waals surface area contributed by atoms with E-state index in [1.54, 1.807) is 12.1 Å². The van der Waals surface area contributed by atoms with Crippen LogP contribution in [-0.4, -0.2) is 22.1 Å². The number of aryl methyl sites for hydroxylation is 1. The number of nitrogens with zero attached hydrogens (tertiary/aromatic N) is 2. The smallest absolute Gasteiger partial charge is 0.251 e. The summed E-state index contributed by atoms with van der Waals surface area (Å²) in [5.41, 5.74) is 2.60. The van der Waals surface area contributed by atoms with E-state index in [-0.39, 0.29) is 5.91 Å². The molecular weight excluding hydrogens is 490 g/mol. The fraction of sp³-hybridized carbons (Fsp3) is 0.143. The number of aromatic nitrogens is 2. The Hall–Kier alpha value is -3.64. The summed E-state index contributed by atoms with van der Waals surface area (Å²) in [5, 5.41) is 5.37. The van der Waals surface area contributed by atoms with Gasteiger partial charge in [0.1, 0.15) is 11.6 Å². The quantitative estimate of drug-likeness (QED) is 0.246. The highest BCUT2D eigenvalue weighted by Gasteiger charge is 2.12. The molecule has 0 saturated carbocycles. The SMILES string of the molecule is O=C(NCc1nc2ccccc2n1CCCOc1ccc2ccccc2c1)c1ccc(Br)cc1. The van der Waals surface area contributed by atoms with E-state index >= 15 is 0 Å². The normalized spacial score (nSPS) is 11.1. The van der Waals surface area contributed by atoms with E-state index in [1.807, 2.05) is 48.5 Å². The minimum absolute atomic E-state index is 0.120. The van der Waals surface area contributed by atoms with Crippen molar-refractivity contribution < 1.29 is 9.53 Å². The van der Waals surface area contributed by atoms with Gasteiger partial charge in [0, 0.05) is 16.6 Å². The van der Waals surface area contributed by atoms with E-state index in [9.17, 15) is 4.79 Å². The van der Waals surface area contributed by atoms with Crippen LogP contribution >= 0.6 is 15.9 Å². The van der Waals surface area contributed by atoms with Crippen LogP contribution in [0.5, 0.6) is 5.75 Å². The summed E-state index contributed by atoms with van der Waals surface area (Å²) in [6, 6.07) is 29.8. The lowest BCUT2D eigenvalue weighted by atomic mass is 10.1. The summed E-state index contributed by atoms with van der Waals surface area (Å²) in [7, 11) is 0. The average Bonchev–Trinajstić information content (AvgIpc) is 3.23. The highest BCUT2D eigenvalue weighted by molar-refractivity contribution is 9.10. The van der Waals surface area contributed by atoms with E-state index in [4.69, 9.17) is 9.72 Å². The standard InChI is InChI=1S/C28H24BrN3O2/c29-23-13-10-21(11-14-23)28(33)30-19-27-31-25-8-3-4-9-26(25)32(27)16-5-17-34-24-15-12-20-6-1-2-7-22(20)18-24/h1-4,6-15,18H,5,16-17,19H2,(H,30,33). The van der Waals surface area contributed by atoms with Crippen LogP contribution < -0.4 is 10.1 Å². The fourth-order valence-corrected chi connectivity index (χ4v) is 4.31. The fourth-order valence-electron chi connectivity index (χ4n) is 4.04. The minimum atomic E-state index is -0.120. The van der Waals surface area contributed by atoms with Crippen LogP contribution in [0.1, 0.15) is 22.6 Å². The molecule has 1 heterocycles. The van der Waals surface area contributed by atoms with Crippen molar-refractivity contribution in [1.29, 1.82) is 0 Å². The molecular formula is C28H24BrN3O2. The number of para-hydroxylation sites is 2. The molecule has 1 N–H and O–H groups in total. The molecule has 6 heteroatoms. The van der Waals surface area contributed by atoms with Crippen molar-refractivity contribution in [3.05, 3.63) is 107 Å². The number of rotatable bonds is 8. The number of imidazole rings is 1. The number of fused-ring (bicyclic) bond motifs is 2. The minimum Gasteiger partial charge on any atom is -0.494 e. The molecule has 1 amide bonds. The Morgan fingerprint density at radius 3 is 2.53 bits per heavy atom. The predicted octanol–water partition coefficient (Wildman–Crippen LogP) is 6.35. The monoisotopic (exact) mass is 513 g/mol. The lowest BCUT2D eigenvalue weighted by Gasteiger charge is -2.12. The molecule has 34 heavy (non-hydrogen) atoms. The maximum absolute atomic E-state index is 12.6. The van der Waals surface area contributed by atoms with Crippen molar-refractivity contribution in [2.45, 2.75) is 19.5 Å². The molecule has 5 rings (SSSR count). The summed E-state index contributed by atoms with van der Waals surface area (Å²) < 4.78 is 9.13. The Morgan fingerprint density at radius 2 is 1.68 bits per heavy atom. The summed E-state index contributed by atoms with van der Waals surface area (Å²) >= 11 is 3.40. The van der Waals surface area contributed by atoms with Crippen LogP contribution in [0, 0.1) is 0 Å². The van der Waals surface area contributed by atoms with Crippen LogP contribution in [0.25, 0.3) is 21.8 Å². The van der Waals surface area contributed by atoms with Gasteiger partial charge < -0.3 is 14.6 Å². The van der Waals surface area contributed by atoms with Crippen molar-refractivity contribution in [2.24, 2.45) is 0 Å². The van der Waals surface area contributed by atoms with Gasteiger partial charge >= 0.3 is 0 Å². The third kappa shape index (κ3) is 4.97. The van der Waals surface area contributed by atoms with Crippen molar-refractivity contribution in [1.82, 2.24) is 14.9 Å². The zero-order valence-corrected chi connectivity index (χ0v) is 20.2. The number of carbonyl (C=O) groups excluding carboxylic acids is 1. The van der Waals surface area contributed by atoms with Gasteiger partial charge in [-0.05, 0) is 65.7 Å². The number of ether oxygens (including phenoxy) is 1. The number of nitrogens with one attached hydrogen (secondary N) is 1. The lowest BCUT2D eigenvalue weighted by molar-refractivity contribution is 0.0949. The summed E-state index contributed by atoms with van der Waals surface area (Å²) in [5.74, 6) is 1.58. The molecule has 0 unspecified atom stereocenters. The van der Waals surface area contributed by atoms with Gasteiger partial charge in [-0.15, -0.1) is 0 Å². The predicted molar refractivity (Wildman–Crippen MR) is 139 cm³/mol. The molecule has 0 aliphatic rings. The third-order valence-corrected chi connectivity index (χ3v) is 6.29. The second kappa shape index (κ2) is 10.1. The molecule has 0 radical (unpaired) electrons. The van der Waals surface area contributed by atoms with Crippen LogP contribution in [-0.2, 0) is 13.1 Å². The average molecular weight is 514 g/mol. The first-order valence-corrected chi connectivity index (χ1v) is 12.1. The number of hydrogen-bond donors (Lipinski definition) is 1. The van der Waals surface area contributed by atoms with Crippen molar-refractivity contribution >= 4 is 43.6 Å². The van der Waals surface area contributed by atoms with Crippen LogP contribution in [0.15, 0.2) is 95.5 Å². The van der Waals surface area contributed by atoms with Gasteiger partial charge in [0.25, 0.3) is 5.91 Å². The van der Waals surface area contributed by atoms with E-state index in [1.165, 1.54) is 10.8 Å². The van der Waals surface area contributed by atoms with Gasteiger partial charge in [-0.3, -0.25) is 4.79 Å². The number of benzene rings is 4. The number of halogens is 1. The second-order valence-electron chi connectivity index (χ2n) is 8.07. The largest absolute Gasteiger partial charge is 0.494 e. The van der Waals surface area contributed by atoms with E-state index in [2.05, 4.69) is 56.1 Å². The Kier molecular flexibility index (Phi) is 6.58. The number of hydrogen-bond acceptors (Lipinski definition) is 3. The highest BCUT2D eigenvalue weighted by atomic mass is 79.9. The molecule has 1 aromatic heterocycles. The molecule has 170 valence electrons. The highest BCUT2D eigenvalue weighted by Crippen LogP contribution is 2.21. The van der Waals surface area contributed by atoms with Crippen molar-refractivity contribution in [2.75, 3.05) is 6.61 Å². The molecule has 0 spiro atoms. The Labute approximate surface area is 206 Å². The van der Waals surface area contributed by atoms with Gasteiger partial charge in [-0.25, -0.2) is 4.98 Å².